The molecule has 0 aliphatic carbocycles. The van der Waals surface area contributed by atoms with E-state index in [4.69, 9.17) is 0 Å². The predicted octanol–water partition coefficient (Wildman–Crippen LogP) is 4.47. The van der Waals surface area contributed by atoms with E-state index in [1.807, 2.05) is 27.7 Å². The van der Waals surface area contributed by atoms with Crippen molar-refractivity contribution in [3.63, 3.8) is 0 Å². The van der Waals surface area contributed by atoms with Gasteiger partial charge in [0.05, 0.1) is 0 Å². The van der Waals surface area contributed by atoms with Crippen molar-refractivity contribution in [2.45, 2.75) is 74.3 Å². The Bertz CT molecular complexity index is 131. The molecule has 1 rings (SSSR count). The summed E-state index contributed by atoms with van der Waals surface area (Å²) in [5, 5.41) is 3.52. The van der Waals surface area contributed by atoms with E-state index in [-0.39, 0.29) is 0 Å². The Hall–Kier alpha value is -0.0400. The fourth-order valence-corrected chi connectivity index (χ4v) is 2.45. The van der Waals surface area contributed by atoms with Crippen LogP contribution < -0.4 is 5.32 Å². The van der Waals surface area contributed by atoms with Gasteiger partial charge in [0.25, 0.3) is 0 Å². The van der Waals surface area contributed by atoms with Crippen LogP contribution in [0, 0.1) is 11.3 Å². The molecule has 1 N–H and O–H groups in total. The maximum Gasteiger partial charge on any atom is 0.00446 e. The molecule has 0 spiro atoms. The third kappa shape index (κ3) is 7.84. The van der Waals surface area contributed by atoms with Gasteiger partial charge in [-0.3, -0.25) is 0 Å². The highest BCUT2D eigenvalue weighted by Gasteiger charge is 2.32. The van der Waals surface area contributed by atoms with Crippen molar-refractivity contribution in [3.8, 4) is 0 Å². The number of rotatable bonds is 2. The summed E-state index contributed by atoms with van der Waals surface area (Å²) in [6, 6.07) is 0.735. The highest BCUT2D eigenvalue weighted by atomic mass is 15.0. The van der Waals surface area contributed by atoms with Gasteiger partial charge in [0.2, 0.25) is 0 Å². The van der Waals surface area contributed by atoms with Crippen LogP contribution in [0.5, 0.6) is 0 Å². The quantitative estimate of drug-likeness (QED) is 0.716. The molecule has 0 saturated carbocycles. The lowest BCUT2D eigenvalue weighted by Crippen LogP contribution is -2.22. The molecule has 2 atom stereocenters. The molecule has 2 unspecified atom stereocenters. The minimum Gasteiger partial charge on any atom is -0.314 e. The Kier molecular flexibility index (Phi) is 10.7. The summed E-state index contributed by atoms with van der Waals surface area (Å²) >= 11 is 0. The fraction of sp³-hybridized carbons (Fsp3) is 1.00. The van der Waals surface area contributed by atoms with Crippen LogP contribution in [0.2, 0.25) is 0 Å². The first kappa shape index (κ1) is 17.4. The minimum absolute atomic E-state index is 0.577. The molecule has 1 heteroatoms. The third-order valence-corrected chi connectivity index (χ3v) is 2.58. The molecule has 94 valence electrons. The number of nitrogens with one attached hydrogen (secondary N) is 1. The molecule has 0 bridgehead atoms. The number of hydrogen-bond donors (Lipinski definition) is 1. The Morgan fingerprint density at radius 3 is 1.93 bits per heavy atom. The van der Waals surface area contributed by atoms with Gasteiger partial charge in [0.1, 0.15) is 0 Å². The van der Waals surface area contributed by atoms with Crippen molar-refractivity contribution in [2.24, 2.45) is 11.3 Å². The summed E-state index contributed by atoms with van der Waals surface area (Å²) in [6.07, 6.45) is 2.72. The lowest BCUT2D eigenvalue weighted by Gasteiger charge is -2.24. The molecule has 0 aromatic rings. The molecule has 0 aromatic heterocycles. The molecule has 1 aliphatic heterocycles. The SMILES string of the molecule is CC.CC.CC(C)CC1(C)CNC(C)C1. The Balaban J connectivity index is 0. The Labute approximate surface area is 98.0 Å². The average Bonchev–Trinajstić information content (AvgIpc) is 2.51. The summed E-state index contributed by atoms with van der Waals surface area (Å²) in [7, 11) is 0. The van der Waals surface area contributed by atoms with Gasteiger partial charge in [0.15, 0.2) is 0 Å². The predicted molar refractivity (Wildman–Crippen MR) is 72.3 cm³/mol. The summed E-state index contributed by atoms with van der Waals surface area (Å²) in [6.45, 7) is 18.5. The van der Waals surface area contributed by atoms with Crippen LogP contribution in [0.3, 0.4) is 0 Å². The zero-order valence-corrected chi connectivity index (χ0v) is 12.3. The van der Waals surface area contributed by atoms with E-state index in [0.717, 1.165) is 12.0 Å². The van der Waals surface area contributed by atoms with Gasteiger partial charge >= 0.3 is 0 Å². The Morgan fingerprint density at radius 1 is 1.20 bits per heavy atom. The Morgan fingerprint density at radius 2 is 1.67 bits per heavy atom. The summed E-state index contributed by atoms with van der Waals surface area (Å²) in [5.74, 6) is 0.840. The standard InChI is InChI=1S/C10H21N.2C2H6/c1-8(2)5-10(4)6-9(3)11-7-10;2*1-2/h8-9,11H,5-7H2,1-4H3;2*1-2H3. The van der Waals surface area contributed by atoms with Gasteiger partial charge in [-0.25, -0.2) is 0 Å². The highest BCUT2D eigenvalue weighted by Crippen LogP contribution is 2.34. The monoisotopic (exact) mass is 215 g/mol. The first-order valence-corrected chi connectivity index (χ1v) is 6.75. The van der Waals surface area contributed by atoms with Gasteiger partial charge in [-0.1, -0.05) is 48.5 Å². The van der Waals surface area contributed by atoms with E-state index >= 15 is 0 Å². The second-order valence-corrected chi connectivity index (χ2v) is 4.89. The summed E-state index contributed by atoms with van der Waals surface area (Å²) in [4.78, 5) is 0. The van der Waals surface area contributed by atoms with Gasteiger partial charge in [0, 0.05) is 12.6 Å². The first-order valence-electron chi connectivity index (χ1n) is 6.75. The van der Waals surface area contributed by atoms with Crippen molar-refractivity contribution in [2.75, 3.05) is 6.54 Å². The minimum atomic E-state index is 0.577. The molecule has 0 aromatic carbocycles. The van der Waals surface area contributed by atoms with E-state index < -0.39 is 0 Å². The second kappa shape index (κ2) is 9.21. The summed E-state index contributed by atoms with van der Waals surface area (Å²) < 4.78 is 0. The van der Waals surface area contributed by atoms with E-state index in [9.17, 15) is 0 Å². The van der Waals surface area contributed by atoms with Crippen LogP contribution >= 0.6 is 0 Å². The van der Waals surface area contributed by atoms with Crippen LogP contribution in [0.4, 0.5) is 0 Å². The topological polar surface area (TPSA) is 12.0 Å². The largest absolute Gasteiger partial charge is 0.314 e. The highest BCUT2D eigenvalue weighted by molar-refractivity contribution is 4.88. The van der Waals surface area contributed by atoms with Crippen LogP contribution in [0.25, 0.3) is 0 Å². The maximum absolute atomic E-state index is 3.52. The van der Waals surface area contributed by atoms with Gasteiger partial charge in [-0.05, 0) is 31.1 Å². The van der Waals surface area contributed by atoms with Gasteiger partial charge < -0.3 is 5.32 Å². The van der Waals surface area contributed by atoms with Crippen LogP contribution in [-0.2, 0) is 0 Å². The molecule has 1 fully saturated rings. The zero-order valence-electron chi connectivity index (χ0n) is 12.3. The smallest absolute Gasteiger partial charge is 0.00446 e. The van der Waals surface area contributed by atoms with Crippen molar-refractivity contribution >= 4 is 0 Å². The second-order valence-electron chi connectivity index (χ2n) is 4.89. The van der Waals surface area contributed by atoms with Crippen molar-refractivity contribution in [1.29, 1.82) is 0 Å². The number of hydrogen-bond acceptors (Lipinski definition) is 1. The first-order chi connectivity index (χ1) is 7.02. The van der Waals surface area contributed by atoms with Crippen LogP contribution in [-0.4, -0.2) is 12.6 Å². The molecule has 0 radical (unpaired) electrons. The van der Waals surface area contributed by atoms with E-state index in [1.165, 1.54) is 19.4 Å². The van der Waals surface area contributed by atoms with Gasteiger partial charge in [-0.2, -0.15) is 0 Å². The van der Waals surface area contributed by atoms with Crippen molar-refractivity contribution in [1.82, 2.24) is 5.32 Å². The molecule has 1 nitrogen and oxygen atoms in total. The van der Waals surface area contributed by atoms with E-state index in [2.05, 4.69) is 33.0 Å². The van der Waals surface area contributed by atoms with Crippen molar-refractivity contribution < 1.29 is 0 Å². The van der Waals surface area contributed by atoms with Crippen LogP contribution in [0.1, 0.15) is 68.2 Å². The van der Waals surface area contributed by atoms with Gasteiger partial charge in [-0.15, -0.1) is 0 Å². The zero-order chi connectivity index (χ0) is 12.5. The third-order valence-electron chi connectivity index (χ3n) is 2.58. The molecular weight excluding hydrogens is 182 g/mol. The molecule has 1 saturated heterocycles. The molecule has 15 heavy (non-hydrogen) atoms. The molecule has 1 heterocycles. The summed E-state index contributed by atoms with van der Waals surface area (Å²) in [5.41, 5.74) is 0.577. The lowest BCUT2D eigenvalue weighted by molar-refractivity contribution is 0.282. The van der Waals surface area contributed by atoms with E-state index in [0.29, 0.717) is 5.41 Å². The molecular formula is C14H33N. The fourth-order valence-electron chi connectivity index (χ4n) is 2.45. The lowest BCUT2D eigenvalue weighted by atomic mass is 9.80. The normalized spacial score (nSPS) is 29.0. The van der Waals surface area contributed by atoms with E-state index in [1.54, 1.807) is 0 Å². The average molecular weight is 215 g/mol. The van der Waals surface area contributed by atoms with Crippen LogP contribution in [0.15, 0.2) is 0 Å². The maximum atomic E-state index is 3.52. The molecule has 1 aliphatic rings. The van der Waals surface area contributed by atoms with Crippen molar-refractivity contribution in [3.05, 3.63) is 0 Å². The molecule has 0 amide bonds.